The van der Waals surface area contributed by atoms with Crippen LogP contribution in [0.4, 0.5) is 5.95 Å². The summed E-state index contributed by atoms with van der Waals surface area (Å²) in [6, 6.07) is 1.81. The predicted molar refractivity (Wildman–Crippen MR) is 76.5 cm³/mol. The van der Waals surface area contributed by atoms with E-state index < -0.39 is 0 Å². The quantitative estimate of drug-likeness (QED) is 0.804. The monoisotopic (exact) mass is 313 g/mol. The van der Waals surface area contributed by atoms with Crippen LogP contribution in [0.1, 0.15) is 27.2 Å². The van der Waals surface area contributed by atoms with E-state index >= 15 is 0 Å². The molecule has 1 aliphatic rings. The van der Waals surface area contributed by atoms with Crippen molar-refractivity contribution in [1.29, 1.82) is 0 Å². The molecule has 18 heavy (non-hydrogen) atoms. The molecule has 0 saturated carbocycles. The van der Waals surface area contributed by atoms with Crippen molar-refractivity contribution in [2.75, 3.05) is 18.0 Å². The van der Waals surface area contributed by atoms with Gasteiger partial charge in [-0.25, -0.2) is 4.98 Å². The number of hydrogen-bond donors (Lipinski definition) is 0. The lowest BCUT2D eigenvalue weighted by Crippen LogP contribution is -2.41. The number of piperidine rings is 1. The Morgan fingerprint density at radius 3 is 2.94 bits per heavy atom. The van der Waals surface area contributed by atoms with E-state index in [1.165, 1.54) is 0 Å². The Labute approximate surface area is 117 Å². The Balaban J connectivity index is 2.08. The van der Waals surface area contributed by atoms with E-state index in [4.69, 9.17) is 4.74 Å². The van der Waals surface area contributed by atoms with Crippen molar-refractivity contribution in [3.8, 4) is 5.88 Å². The van der Waals surface area contributed by atoms with E-state index in [-0.39, 0.29) is 6.10 Å². The molecule has 1 saturated heterocycles. The average molecular weight is 314 g/mol. The first kappa shape index (κ1) is 13.6. The number of aromatic nitrogens is 2. The van der Waals surface area contributed by atoms with Gasteiger partial charge in [-0.05, 0) is 26.2 Å². The van der Waals surface area contributed by atoms with Crippen LogP contribution >= 0.6 is 15.9 Å². The second kappa shape index (κ2) is 5.87. The van der Waals surface area contributed by atoms with Gasteiger partial charge in [0.1, 0.15) is 0 Å². The number of ether oxygens (including phenoxy) is 1. The molecule has 0 radical (unpaired) electrons. The summed E-state index contributed by atoms with van der Waals surface area (Å²) in [7, 11) is 0. The molecule has 100 valence electrons. The van der Waals surface area contributed by atoms with Crippen LogP contribution < -0.4 is 9.64 Å². The molecule has 0 spiro atoms. The van der Waals surface area contributed by atoms with E-state index in [1.807, 2.05) is 19.9 Å². The molecule has 5 heteroatoms. The summed E-state index contributed by atoms with van der Waals surface area (Å²) < 4.78 is 5.60. The van der Waals surface area contributed by atoms with Crippen molar-refractivity contribution in [3.63, 3.8) is 0 Å². The van der Waals surface area contributed by atoms with Gasteiger partial charge < -0.3 is 9.64 Å². The number of anilines is 1. The first-order valence-electron chi connectivity index (χ1n) is 6.45. The van der Waals surface area contributed by atoms with Crippen molar-refractivity contribution in [1.82, 2.24) is 9.97 Å². The van der Waals surface area contributed by atoms with Crippen molar-refractivity contribution in [2.45, 2.75) is 38.1 Å². The van der Waals surface area contributed by atoms with Crippen molar-refractivity contribution in [3.05, 3.63) is 12.3 Å². The first-order valence-corrected chi connectivity index (χ1v) is 7.36. The maximum Gasteiger partial charge on any atom is 0.228 e. The zero-order chi connectivity index (χ0) is 13.1. The number of alkyl halides is 1. The Morgan fingerprint density at radius 1 is 1.50 bits per heavy atom. The first-order chi connectivity index (χ1) is 8.56. The van der Waals surface area contributed by atoms with Gasteiger partial charge in [0.15, 0.2) is 0 Å². The Hall–Kier alpha value is -0.840. The zero-order valence-electron chi connectivity index (χ0n) is 11.1. The largest absolute Gasteiger partial charge is 0.475 e. The second-order valence-corrected chi connectivity index (χ2v) is 6.27. The Morgan fingerprint density at radius 2 is 2.28 bits per heavy atom. The summed E-state index contributed by atoms with van der Waals surface area (Å²) in [5.74, 6) is 2.13. The van der Waals surface area contributed by atoms with Gasteiger partial charge in [-0.15, -0.1) is 0 Å². The minimum atomic E-state index is 0.137. The summed E-state index contributed by atoms with van der Waals surface area (Å²) in [6.07, 6.45) is 3.06. The minimum Gasteiger partial charge on any atom is -0.475 e. The maximum atomic E-state index is 5.60. The molecule has 1 aromatic rings. The zero-order valence-corrected chi connectivity index (χ0v) is 12.7. The highest BCUT2D eigenvalue weighted by Crippen LogP contribution is 2.26. The lowest BCUT2D eigenvalue weighted by atomic mass is 9.99. The van der Waals surface area contributed by atoms with Crippen molar-refractivity contribution in [2.24, 2.45) is 5.92 Å². The summed E-state index contributed by atoms with van der Waals surface area (Å²) in [5.41, 5.74) is 0. The topological polar surface area (TPSA) is 38.2 Å². The molecular formula is C13H20BrN3O. The van der Waals surface area contributed by atoms with Gasteiger partial charge in [-0.3, -0.25) is 0 Å². The highest BCUT2D eigenvalue weighted by Gasteiger charge is 2.25. The molecule has 1 aromatic heterocycles. The molecule has 2 heterocycles. The van der Waals surface area contributed by atoms with E-state index in [1.54, 1.807) is 6.20 Å². The van der Waals surface area contributed by atoms with Crippen molar-refractivity contribution < 1.29 is 4.74 Å². The molecule has 1 aliphatic heterocycles. The standard InChI is InChI=1S/C13H20BrN3O/c1-9(2)18-12-4-6-15-13(16-12)17-7-5-10(3)11(14)8-17/h4,6,9-11H,5,7-8H2,1-3H3. The minimum absolute atomic E-state index is 0.137. The number of nitrogens with zero attached hydrogens (tertiary/aromatic N) is 3. The van der Waals surface area contributed by atoms with E-state index in [0.29, 0.717) is 16.6 Å². The third-order valence-corrected chi connectivity index (χ3v) is 4.32. The van der Waals surface area contributed by atoms with Gasteiger partial charge in [0.2, 0.25) is 11.8 Å². The van der Waals surface area contributed by atoms with Crippen LogP contribution in [-0.2, 0) is 0 Å². The lowest BCUT2D eigenvalue weighted by Gasteiger charge is -2.34. The molecule has 0 aliphatic carbocycles. The van der Waals surface area contributed by atoms with Gasteiger partial charge in [0.25, 0.3) is 0 Å². The predicted octanol–water partition coefficient (Wildman–Crippen LogP) is 2.87. The molecule has 0 N–H and O–H groups in total. The normalized spacial score (nSPS) is 24.4. The fraction of sp³-hybridized carbons (Fsp3) is 0.692. The smallest absolute Gasteiger partial charge is 0.228 e. The molecular weight excluding hydrogens is 294 g/mol. The van der Waals surface area contributed by atoms with Crippen LogP contribution in [0.3, 0.4) is 0 Å². The summed E-state index contributed by atoms with van der Waals surface area (Å²) >= 11 is 3.72. The molecule has 0 aromatic carbocycles. The molecule has 2 unspecified atom stereocenters. The molecule has 1 fully saturated rings. The lowest BCUT2D eigenvalue weighted by molar-refractivity contribution is 0.232. The Bertz CT molecular complexity index is 400. The fourth-order valence-electron chi connectivity index (χ4n) is 2.00. The fourth-order valence-corrected chi connectivity index (χ4v) is 2.61. The van der Waals surface area contributed by atoms with Gasteiger partial charge in [0.05, 0.1) is 6.10 Å². The average Bonchev–Trinajstić information content (AvgIpc) is 2.32. The number of hydrogen-bond acceptors (Lipinski definition) is 4. The highest BCUT2D eigenvalue weighted by molar-refractivity contribution is 9.09. The molecule has 2 rings (SSSR count). The van der Waals surface area contributed by atoms with Gasteiger partial charge in [-0.1, -0.05) is 22.9 Å². The van der Waals surface area contributed by atoms with Crippen LogP contribution in [0.5, 0.6) is 5.88 Å². The molecule has 0 amide bonds. The summed E-state index contributed by atoms with van der Waals surface area (Å²) in [4.78, 5) is 11.5. The SMILES string of the molecule is CC(C)Oc1ccnc(N2CCC(C)C(Br)C2)n1. The summed E-state index contributed by atoms with van der Waals surface area (Å²) in [6.45, 7) is 8.23. The number of rotatable bonds is 3. The van der Waals surface area contributed by atoms with Gasteiger partial charge in [0, 0.05) is 30.2 Å². The number of halogens is 1. The van der Waals surface area contributed by atoms with E-state index in [2.05, 4.69) is 37.7 Å². The van der Waals surface area contributed by atoms with Crippen molar-refractivity contribution >= 4 is 21.9 Å². The molecule has 4 nitrogen and oxygen atoms in total. The molecule has 0 bridgehead atoms. The van der Waals surface area contributed by atoms with E-state index in [9.17, 15) is 0 Å². The van der Waals surface area contributed by atoms with Crippen LogP contribution in [0, 0.1) is 5.92 Å². The van der Waals surface area contributed by atoms with Crippen LogP contribution in [0.15, 0.2) is 12.3 Å². The third kappa shape index (κ3) is 3.34. The second-order valence-electron chi connectivity index (χ2n) is 5.09. The molecule has 2 atom stereocenters. The van der Waals surface area contributed by atoms with Crippen LogP contribution in [0.2, 0.25) is 0 Å². The third-order valence-electron chi connectivity index (χ3n) is 3.12. The van der Waals surface area contributed by atoms with E-state index in [0.717, 1.165) is 25.5 Å². The van der Waals surface area contributed by atoms with Gasteiger partial charge >= 0.3 is 0 Å². The summed E-state index contributed by atoms with van der Waals surface area (Å²) in [5, 5.41) is 0. The maximum absolute atomic E-state index is 5.60. The Kier molecular flexibility index (Phi) is 4.43. The van der Waals surface area contributed by atoms with Crippen LogP contribution in [0.25, 0.3) is 0 Å². The van der Waals surface area contributed by atoms with Gasteiger partial charge in [-0.2, -0.15) is 4.98 Å². The van der Waals surface area contributed by atoms with Crippen LogP contribution in [-0.4, -0.2) is 34.0 Å². The highest BCUT2D eigenvalue weighted by atomic mass is 79.9.